The third kappa shape index (κ3) is 4.39. The second-order valence-corrected chi connectivity index (χ2v) is 14.0. The minimum Gasteiger partial charge on any atom is -0.308 e. The Labute approximate surface area is 316 Å². The van der Waals surface area contributed by atoms with E-state index in [0.717, 1.165) is 61.0 Å². The molecule has 0 atom stereocenters. The number of benzene rings is 8. The topological polar surface area (TPSA) is 62.4 Å². The van der Waals surface area contributed by atoms with Crippen LogP contribution >= 0.6 is 0 Å². The van der Waals surface area contributed by atoms with E-state index in [1.807, 2.05) is 48.5 Å². The van der Waals surface area contributed by atoms with Gasteiger partial charge in [0.15, 0.2) is 0 Å². The van der Waals surface area contributed by atoms with Crippen molar-refractivity contribution in [3.8, 4) is 40.3 Å². The van der Waals surface area contributed by atoms with Gasteiger partial charge in [0.25, 0.3) is 0 Å². The predicted molar refractivity (Wildman–Crippen MR) is 224 cm³/mol. The summed E-state index contributed by atoms with van der Waals surface area (Å²) in [5.41, 5.74) is 12.3. The summed E-state index contributed by atoms with van der Waals surface area (Å²) in [7, 11) is 0. The lowest BCUT2D eigenvalue weighted by molar-refractivity contribution is 1.13. The molecule has 0 saturated heterocycles. The number of para-hydroxylation sites is 5. The van der Waals surface area contributed by atoms with Crippen molar-refractivity contribution in [1.29, 1.82) is 10.5 Å². The van der Waals surface area contributed by atoms with E-state index in [4.69, 9.17) is 0 Å². The predicted octanol–water partition coefficient (Wildman–Crippen LogP) is 12.4. The molecule has 5 nitrogen and oxygen atoms in total. The molecule has 0 aliphatic carbocycles. The molecule has 0 unspecified atom stereocenters. The first-order valence-corrected chi connectivity index (χ1v) is 18.3. The second-order valence-electron chi connectivity index (χ2n) is 14.0. The van der Waals surface area contributed by atoms with Crippen LogP contribution in [0.25, 0.3) is 93.6 Å². The van der Waals surface area contributed by atoms with Crippen LogP contribution in [0.2, 0.25) is 0 Å². The normalized spacial score (nSPS) is 11.6. The molecule has 0 radical (unpaired) electrons. The van der Waals surface area contributed by atoms with Gasteiger partial charge in [-0.25, -0.2) is 0 Å². The van der Waals surface area contributed by atoms with E-state index in [9.17, 15) is 10.5 Å². The van der Waals surface area contributed by atoms with Gasteiger partial charge in [0.1, 0.15) is 6.07 Å². The maximum atomic E-state index is 10.8. The molecule has 0 aliphatic heterocycles. The molecule has 0 amide bonds. The van der Waals surface area contributed by atoms with Crippen molar-refractivity contribution < 1.29 is 0 Å². The van der Waals surface area contributed by atoms with Crippen LogP contribution in [0.5, 0.6) is 0 Å². The average Bonchev–Trinajstić information content (AvgIpc) is 3.89. The lowest BCUT2D eigenvalue weighted by Gasteiger charge is -2.16. The largest absolute Gasteiger partial charge is 0.308 e. The minimum absolute atomic E-state index is 0.575. The average molecular weight is 700 g/mol. The molecule has 3 heterocycles. The molecule has 0 saturated carbocycles. The zero-order valence-corrected chi connectivity index (χ0v) is 29.5. The fourth-order valence-electron chi connectivity index (χ4n) is 8.81. The Kier molecular flexibility index (Phi) is 6.61. The Morgan fingerprint density at radius 3 is 1.45 bits per heavy atom. The van der Waals surface area contributed by atoms with Crippen molar-refractivity contribution in [2.45, 2.75) is 0 Å². The number of nitrogens with zero attached hydrogens (tertiary/aromatic N) is 5. The quantitative estimate of drug-likeness (QED) is 0.184. The monoisotopic (exact) mass is 699 g/mol. The molecule has 55 heavy (non-hydrogen) atoms. The van der Waals surface area contributed by atoms with E-state index in [-0.39, 0.29) is 0 Å². The van der Waals surface area contributed by atoms with Crippen molar-refractivity contribution in [3.05, 3.63) is 187 Å². The number of hydrogen-bond donors (Lipinski definition) is 0. The van der Waals surface area contributed by atoms with Crippen molar-refractivity contribution in [2.75, 3.05) is 0 Å². The van der Waals surface area contributed by atoms with Gasteiger partial charge < -0.3 is 13.7 Å². The molecule has 254 valence electrons. The third-order valence-electron chi connectivity index (χ3n) is 11.1. The maximum absolute atomic E-state index is 10.8. The van der Waals surface area contributed by atoms with Crippen LogP contribution in [0.1, 0.15) is 11.1 Å². The van der Waals surface area contributed by atoms with E-state index in [2.05, 4.69) is 153 Å². The highest BCUT2D eigenvalue weighted by Crippen LogP contribution is 2.41. The van der Waals surface area contributed by atoms with E-state index >= 15 is 0 Å². The highest BCUT2D eigenvalue weighted by Gasteiger charge is 2.21. The molecule has 8 aromatic carbocycles. The van der Waals surface area contributed by atoms with Crippen LogP contribution in [0.4, 0.5) is 0 Å². The maximum Gasteiger partial charge on any atom is 0.102 e. The zero-order valence-electron chi connectivity index (χ0n) is 29.5. The first-order chi connectivity index (χ1) is 27.2. The standard InChI is InChI=1S/C50H29N5/c51-30-32-23-28-40-38-13-3-8-20-46(38)55(49(40)29-32)47-21-9-15-35(42(47)31-52)33-24-26-34(27-25-33)53-43-17-5-4-14-39(43)41-16-10-22-48(50(41)53)54-44-18-6-1-11-36(44)37-12-2-7-19-45(37)54/h1-29H. The van der Waals surface area contributed by atoms with Crippen LogP contribution in [-0.2, 0) is 0 Å². The number of hydrogen-bond acceptors (Lipinski definition) is 2. The molecule has 0 N–H and O–H groups in total. The summed E-state index contributed by atoms with van der Waals surface area (Å²) < 4.78 is 6.89. The molecular formula is C50H29N5. The first kappa shape index (κ1) is 30.7. The highest BCUT2D eigenvalue weighted by molar-refractivity contribution is 6.15. The van der Waals surface area contributed by atoms with E-state index in [1.54, 1.807) is 0 Å². The SMILES string of the molecule is N#Cc1ccc2c3ccccc3n(-c3cccc(-c4ccc(-n5c6ccccc6c6cccc(-n7c8ccccc8c8ccccc87)c65)cc4)c3C#N)c2c1. The zero-order chi connectivity index (χ0) is 36.6. The summed E-state index contributed by atoms with van der Waals surface area (Å²) >= 11 is 0. The smallest absolute Gasteiger partial charge is 0.102 e. The van der Waals surface area contributed by atoms with Gasteiger partial charge >= 0.3 is 0 Å². The second kappa shape index (κ2) is 11.8. The van der Waals surface area contributed by atoms with Crippen molar-refractivity contribution in [1.82, 2.24) is 13.7 Å². The molecule has 0 fully saturated rings. The molecule has 0 aliphatic rings. The number of aromatic nitrogens is 3. The van der Waals surface area contributed by atoms with Crippen LogP contribution < -0.4 is 0 Å². The lowest BCUT2D eigenvalue weighted by Crippen LogP contribution is -2.01. The third-order valence-corrected chi connectivity index (χ3v) is 11.1. The fraction of sp³-hybridized carbons (Fsp3) is 0. The summed E-state index contributed by atoms with van der Waals surface area (Å²) in [4.78, 5) is 0. The Bertz CT molecular complexity index is 3400. The number of rotatable bonds is 4. The van der Waals surface area contributed by atoms with Gasteiger partial charge in [0, 0.05) is 43.6 Å². The Hall–Kier alpha value is -7.86. The highest BCUT2D eigenvalue weighted by atomic mass is 15.1. The van der Waals surface area contributed by atoms with E-state index < -0.39 is 0 Å². The van der Waals surface area contributed by atoms with Crippen LogP contribution in [-0.4, -0.2) is 13.7 Å². The van der Waals surface area contributed by atoms with Gasteiger partial charge in [-0.3, -0.25) is 0 Å². The van der Waals surface area contributed by atoms with Crippen LogP contribution in [0.15, 0.2) is 176 Å². The number of nitriles is 2. The molecule has 3 aromatic heterocycles. The summed E-state index contributed by atoms with van der Waals surface area (Å²) in [5.74, 6) is 0. The Balaban J connectivity index is 1.12. The van der Waals surface area contributed by atoms with Crippen LogP contribution in [0.3, 0.4) is 0 Å². The first-order valence-electron chi connectivity index (χ1n) is 18.3. The molecule has 0 bridgehead atoms. The van der Waals surface area contributed by atoms with Gasteiger partial charge in [0.05, 0.1) is 61.7 Å². The summed E-state index contributed by atoms with van der Waals surface area (Å²) in [6.07, 6.45) is 0. The van der Waals surface area contributed by atoms with Gasteiger partial charge in [-0.2, -0.15) is 10.5 Å². The minimum atomic E-state index is 0.575. The lowest BCUT2D eigenvalue weighted by atomic mass is 9.98. The van der Waals surface area contributed by atoms with Crippen molar-refractivity contribution >= 4 is 65.4 Å². The van der Waals surface area contributed by atoms with Gasteiger partial charge in [-0.05, 0) is 66.2 Å². The molecule has 0 spiro atoms. The molecule has 11 rings (SSSR count). The van der Waals surface area contributed by atoms with Gasteiger partial charge in [0.2, 0.25) is 0 Å². The Morgan fingerprint density at radius 2 is 0.855 bits per heavy atom. The number of fused-ring (bicyclic) bond motifs is 9. The van der Waals surface area contributed by atoms with Gasteiger partial charge in [-0.15, -0.1) is 0 Å². The fourth-order valence-corrected chi connectivity index (χ4v) is 8.81. The van der Waals surface area contributed by atoms with E-state index in [1.165, 1.54) is 32.6 Å². The molecule has 11 aromatic rings. The molecule has 5 heteroatoms. The Morgan fingerprint density at radius 1 is 0.364 bits per heavy atom. The van der Waals surface area contributed by atoms with E-state index in [0.29, 0.717) is 11.1 Å². The summed E-state index contributed by atoms with van der Waals surface area (Å²) in [5, 5.41) is 27.5. The van der Waals surface area contributed by atoms with Gasteiger partial charge in [-0.1, -0.05) is 115 Å². The van der Waals surface area contributed by atoms with Crippen molar-refractivity contribution in [3.63, 3.8) is 0 Å². The summed E-state index contributed by atoms with van der Waals surface area (Å²) in [6, 6.07) is 65.9. The summed E-state index contributed by atoms with van der Waals surface area (Å²) in [6.45, 7) is 0. The van der Waals surface area contributed by atoms with Crippen LogP contribution in [0, 0.1) is 22.7 Å². The molecular weight excluding hydrogens is 671 g/mol. The van der Waals surface area contributed by atoms with Crippen molar-refractivity contribution in [2.24, 2.45) is 0 Å².